The lowest BCUT2D eigenvalue weighted by Crippen LogP contribution is -2.32. The normalized spacial score (nSPS) is 14.5. The summed E-state index contributed by atoms with van der Waals surface area (Å²) in [4.78, 5) is 34.8. The molecule has 0 saturated heterocycles. The second kappa shape index (κ2) is 6.03. The number of amides is 1. The molecule has 1 aliphatic rings. The van der Waals surface area contributed by atoms with Gasteiger partial charge in [0.25, 0.3) is 5.91 Å². The van der Waals surface area contributed by atoms with Gasteiger partial charge in [0.15, 0.2) is 6.61 Å². The number of likely N-dealkylation sites (N-methyl/N-ethyl adjacent to an activating group) is 1. The summed E-state index contributed by atoms with van der Waals surface area (Å²) in [6, 6.07) is 0.284. The van der Waals surface area contributed by atoms with Crippen LogP contribution < -0.4 is 0 Å². The molecule has 0 radical (unpaired) electrons. The number of hydrogen-bond donors (Lipinski definition) is 0. The number of rotatable bonds is 5. The number of methoxy groups -OCH3 is 1. The number of nitrogens with zero attached hydrogens (tertiary/aromatic N) is 1. The summed E-state index contributed by atoms with van der Waals surface area (Å²) in [5.74, 6) is -1.64. The molecule has 1 amide bonds. The van der Waals surface area contributed by atoms with Crippen molar-refractivity contribution in [2.75, 3.05) is 20.8 Å². The van der Waals surface area contributed by atoms with Gasteiger partial charge in [-0.3, -0.25) is 4.79 Å². The second-order valence-electron chi connectivity index (χ2n) is 3.70. The van der Waals surface area contributed by atoms with Gasteiger partial charge >= 0.3 is 11.9 Å². The minimum atomic E-state index is -0.743. The van der Waals surface area contributed by atoms with E-state index in [1.807, 2.05) is 0 Å². The zero-order valence-corrected chi connectivity index (χ0v) is 9.84. The summed E-state index contributed by atoms with van der Waals surface area (Å²) in [5.41, 5.74) is 0. The molecule has 1 rings (SSSR count). The van der Waals surface area contributed by atoms with Gasteiger partial charge in [-0.2, -0.15) is 0 Å². The molecule has 0 atom stereocenters. The summed E-state index contributed by atoms with van der Waals surface area (Å²) < 4.78 is 8.97. The number of hydrogen-bond acceptors (Lipinski definition) is 5. The quantitative estimate of drug-likeness (QED) is 0.495. The van der Waals surface area contributed by atoms with Crippen molar-refractivity contribution >= 4 is 17.8 Å². The minimum absolute atomic E-state index is 0.243. The summed E-state index contributed by atoms with van der Waals surface area (Å²) in [6.45, 7) is -0.308. The molecular weight excluding hydrogens is 226 g/mol. The molecule has 0 spiro atoms. The molecule has 0 N–H and O–H groups in total. The molecular formula is C11H15NO5. The van der Waals surface area contributed by atoms with Crippen LogP contribution in [0.4, 0.5) is 0 Å². The lowest BCUT2D eigenvalue weighted by molar-refractivity contribution is -0.148. The van der Waals surface area contributed by atoms with Crippen LogP contribution in [-0.4, -0.2) is 49.6 Å². The SMILES string of the molecule is COC(=O)C=CC(=O)OCC(=O)N(C)C1CC1. The van der Waals surface area contributed by atoms with Gasteiger partial charge in [0.2, 0.25) is 0 Å². The van der Waals surface area contributed by atoms with Gasteiger partial charge < -0.3 is 14.4 Å². The third-order valence-corrected chi connectivity index (χ3v) is 2.38. The highest BCUT2D eigenvalue weighted by molar-refractivity contribution is 5.92. The first-order valence-electron chi connectivity index (χ1n) is 5.23. The van der Waals surface area contributed by atoms with Crippen molar-refractivity contribution in [3.05, 3.63) is 12.2 Å². The van der Waals surface area contributed by atoms with Crippen LogP contribution in [0.25, 0.3) is 0 Å². The lowest BCUT2D eigenvalue weighted by Gasteiger charge is -2.15. The van der Waals surface area contributed by atoms with E-state index in [1.165, 1.54) is 7.11 Å². The zero-order valence-electron chi connectivity index (χ0n) is 9.84. The highest BCUT2D eigenvalue weighted by atomic mass is 16.5. The van der Waals surface area contributed by atoms with E-state index in [-0.39, 0.29) is 18.6 Å². The Morgan fingerprint density at radius 3 is 2.35 bits per heavy atom. The molecule has 0 aromatic carbocycles. The average Bonchev–Trinajstić information content (AvgIpc) is 3.15. The van der Waals surface area contributed by atoms with Gasteiger partial charge in [-0.25, -0.2) is 9.59 Å². The largest absolute Gasteiger partial charge is 0.466 e. The van der Waals surface area contributed by atoms with Crippen LogP contribution in [-0.2, 0) is 23.9 Å². The fourth-order valence-corrected chi connectivity index (χ4v) is 1.15. The van der Waals surface area contributed by atoms with Crippen LogP contribution in [0.5, 0.6) is 0 Å². The van der Waals surface area contributed by atoms with Crippen LogP contribution in [0.1, 0.15) is 12.8 Å². The highest BCUT2D eigenvalue weighted by Gasteiger charge is 2.29. The maximum absolute atomic E-state index is 11.5. The molecule has 0 aromatic rings. The second-order valence-corrected chi connectivity index (χ2v) is 3.70. The lowest BCUT2D eigenvalue weighted by atomic mass is 10.5. The molecule has 1 saturated carbocycles. The van der Waals surface area contributed by atoms with E-state index >= 15 is 0 Å². The monoisotopic (exact) mass is 241 g/mol. The van der Waals surface area contributed by atoms with E-state index in [4.69, 9.17) is 0 Å². The predicted octanol–water partition coefficient (Wildman–Crippen LogP) is -0.120. The van der Waals surface area contributed by atoms with E-state index in [2.05, 4.69) is 9.47 Å². The third-order valence-electron chi connectivity index (χ3n) is 2.38. The van der Waals surface area contributed by atoms with Crippen molar-refractivity contribution < 1.29 is 23.9 Å². The Morgan fingerprint density at radius 1 is 1.24 bits per heavy atom. The zero-order chi connectivity index (χ0) is 12.8. The van der Waals surface area contributed by atoms with E-state index in [9.17, 15) is 14.4 Å². The van der Waals surface area contributed by atoms with Crippen LogP contribution in [0.2, 0.25) is 0 Å². The Morgan fingerprint density at radius 2 is 1.82 bits per heavy atom. The van der Waals surface area contributed by atoms with Gasteiger partial charge in [0.1, 0.15) is 0 Å². The molecule has 0 unspecified atom stereocenters. The van der Waals surface area contributed by atoms with E-state index < -0.39 is 11.9 Å². The molecule has 6 nitrogen and oxygen atoms in total. The van der Waals surface area contributed by atoms with E-state index in [0.717, 1.165) is 25.0 Å². The molecule has 1 aliphatic carbocycles. The summed E-state index contributed by atoms with van der Waals surface area (Å²) in [6.07, 6.45) is 3.87. The fourth-order valence-electron chi connectivity index (χ4n) is 1.15. The van der Waals surface area contributed by atoms with Crippen LogP contribution in [0.15, 0.2) is 12.2 Å². The molecule has 6 heteroatoms. The standard InChI is InChI=1S/C11H15NO5/c1-12(8-3-4-8)9(13)7-17-11(15)6-5-10(14)16-2/h5-6,8H,3-4,7H2,1-2H3. The minimum Gasteiger partial charge on any atom is -0.466 e. The van der Waals surface area contributed by atoms with Crippen LogP contribution in [0, 0.1) is 0 Å². The fraction of sp³-hybridized carbons (Fsp3) is 0.545. The van der Waals surface area contributed by atoms with Crippen molar-refractivity contribution in [2.24, 2.45) is 0 Å². The van der Waals surface area contributed by atoms with Crippen molar-refractivity contribution in [2.45, 2.75) is 18.9 Å². The number of ether oxygens (including phenoxy) is 2. The first kappa shape index (κ1) is 13.2. The highest BCUT2D eigenvalue weighted by Crippen LogP contribution is 2.25. The summed E-state index contributed by atoms with van der Waals surface area (Å²) >= 11 is 0. The Bertz CT molecular complexity index is 346. The Hall–Kier alpha value is -1.85. The predicted molar refractivity (Wildman–Crippen MR) is 57.9 cm³/mol. The Kier molecular flexibility index (Phi) is 4.68. The topological polar surface area (TPSA) is 72.9 Å². The molecule has 17 heavy (non-hydrogen) atoms. The molecule has 0 aliphatic heterocycles. The average molecular weight is 241 g/mol. The maximum Gasteiger partial charge on any atom is 0.331 e. The Labute approximate surface area is 99.2 Å². The van der Waals surface area contributed by atoms with Gasteiger partial charge in [-0.1, -0.05) is 0 Å². The van der Waals surface area contributed by atoms with Gasteiger partial charge in [0, 0.05) is 25.2 Å². The summed E-state index contributed by atoms with van der Waals surface area (Å²) in [5, 5.41) is 0. The van der Waals surface area contributed by atoms with Crippen LogP contribution in [0.3, 0.4) is 0 Å². The van der Waals surface area contributed by atoms with E-state index in [1.54, 1.807) is 11.9 Å². The molecule has 1 fully saturated rings. The van der Waals surface area contributed by atoms with Crippen molar-refractivity contribution in [3.8, 4) is 0 Å². The molecule has 0 heterocycles. The Balaban J connectivity index is 2.25. The first-order valence-corrected chi connectivity index (χ1v) is 5.23. The molecule has 0 aromatic heterocycles. The first-order chi connectivity index (χ1) is 8.04. The third kappa shape index (κ3) is 4.67. The van der Waals surface area contributed by atoms with Gasteiger partial charge in [0.05, 0.1) is 7.11 Å². The van der Waals surface area contributed by atoms with Gasteiger partial charge in [-0.05, 0) is 12.8 Å². The van der Waals surface area contributed by atoms with Crippen molar-refractivity contribution in [1.82, 2.24) is 4.90 Å². The summed E-state index contributed by atoms with van der Waals surface area (Å²) in [7, 11) is 2.88. The van der Waals surface area contributed by atoms with Crippen molar-refractivity contribution in [3.63, 3.8) is 0 Å². The number of carbonyl (C=O) groups excluding carboxylic acids is 3. The van der Waals surface area contributed by atoms with Crippen LogP contribution >= 0.6 is 0 Å². The van der Waals surface area contributed by atoms with E-state index in [0.29, 0.717) is 0 Å². The number of carbonyl (C=O) groups is 3. The molecule has 0 bridgehead atoms. The van der Waals surface area contributed by atoms with Gasteiger partial charge in [-0.15, -0.1) is 0 Å². The molecule has 94 valence electrons. The number of esters is 2. The maximum atomic E-state index is 11.5. The van der Waals surface area contributed by atoms with Crippen molar-refractivity contribution in [1.29, 1.82) is 0 Å². The smallest absolute Gasteiger partial charge is 0.331 e.